The maximum Gasteiger partial charge on any atom is 0.251 e. The minimum absolute atomic E-state index is 0.00750. The summed E-state index contributed by atoms with van der Waals surface area (Å²) in [5.41, 5.74) is 5.76. The second-order valence-electron chi connectivity index (χ2n) is 3.08. The van der Waals surface area contributed by atoms with Crippen LogP contribution in [0.1, 0.15) is 5.56 Å². The van der Waals surface area contributed by atoms with Gasteiger partial charge in [-0.3, -0.25) is 4.79 Å². The first-order chi connectivity index (χ1) is 6.85. The monoisotopic (exact) mass is 247 g/mol. The number of alkyl halides is 1. The summed E-state index contributed by atoms with van der Waals surface area (Å²) in [6, 6.07) is 6.03. The lowest BCUT2D eigenvalue weighted by atomic mass is 10.2. The number of primary amides is 1. The molecular weight excluding hydrogens is 238 g/mol. The van der Waals surface area contributed by atoms with Crippen molar-refractivity contribution >= 4 is 27.3 Å². The maximum absolute atomic E-state index is 11.7. The van der Waals surface area contributed by atoms with Crippen LogP contribution in [0.3, 0.4) is 0 Å². The maximum atomic E-state index is 11.7. The van der Waals surface area contributed by atoms with Crippen LogP contribution in [0.4, 0.5) is 0 Å². The zero-order chi connectivity index (χ0) is 11.6. The van der Waals surface area contributed by atoms with Crippen molar-refractivity contribution in [3.63, 3.8) is 0 Å². The van der Waals surface area contributed by atoms with Crippen molar-refractivity contribution in [3.8, 4) is 0 Å². The number of nitrogens with two attached hydrogens (primary N) is 1. The van der Waals surface area contributed by atoms with Crippen LogP contribution in [0.5, 0.6) is 0 Å². The molecule has 82 valence electrons. The zero-order valence-electron chi connectivity index (χ0n) is 7.98. The van der Waals surface area contributed by atoms with Crippen LogP contribution in [-0.2, 0) is 14.6 Å². The molecule has 1 aromatic carbocycles. The van der Waals surface area contributed by atoms with Gasteiger partial charge in [0.1, 0.15) is 0 Å². The smallest absolute Gasteiger partial charge is 0.251 e. The molecule has 0 aliphatic rings. The van der Waals surface area contributed by atoms with E-state index < -0.39 is 20.5 Å². The third kappa shape index (κ3) is 2.49. The molecule has 0 fully saturated rings. The summed E-state index contributed by atoms with van der Waals surface area (Å²) in [7, 11) is -3.86. The molecule has 0 aromatic heterocycles. The summed E-state index contributed by atoms with van der Waals surface area (Å²) in [5.74, 6) is -1.07. The molecule has 1 atom stereocenters. The molecule has 0 aliphatic carbocycles. The Morgan fingerprint density at radius 1 is 1.33 bits per heavy atom. The molecule has 4 nitrogen and oxygen atoms in total. The topological polar surface area (TPSA) is 77.2 Å². The molecule has 0 aliphatic heterocycles. The lowest BCUT2D eigenvalue weighted by Crippen LogP contribution is -2.31. The van der Waals surface area contributed by atoms with Crippen molar-refractivity contribution in [2.45, 2.75) is 16.5 Å². The van der Waals surface area contributed by atoms with E-state index >= 15 is 0 Å². The lowest BCUT2D eigenvalue weighted by Gasteiger charge is -2.07. The van der Waals surface area contributed by atoms with Crippen molar-refractivity contribution in [2.75, 3.05) is 0 Å². The number of rotatable bonds is 3. The summed E-state index contributed by atoms with van der Waals surface area (Å²) in [5, 5.41) is 0. The van der Waals surface area contributed by atoms with Crippen LogP contribution in [0.15, 0.2) is 29.2 Å². The van der Waals surface area contributed by atoms with Crippen LogP contribution >= 0.6 is 11.6 Å². The van der Waals surface area contributed by atoms with Gasteiger partial charge in [0.15, 0.2) is 0 Å². The zero-order valence-corrected chi connectivity index (χ0v) is 9.55. The van der Waals surface area contributed by atoms with Crippen LogP contribution in [0.25, 0.3) is 0 Å². The second-order valence-corrected chi connectivity index (χ2v) is 5.80. The SMILES string of the molecule is Cc1ccc(S(=O)(=O)C(Cl)C(N)=O)cc1. The number of carbonyl (C=O) groups is 1. The van der Waals surface area contributed by atoms with E-state index in [0.29, 0.717) is 0 Å². The van der Waals surface area contributed by atoms with E-state index in [1.54, 1.807) is 12.1 Å². The molecule has 0 saturated carbocycles. The Kier molecular flexibility index (Phi) is 3.36. The Morgan fingerprint density at radius 2 is 1.80 bits per heavy atom. The van der Waals surface area contributed by atoms with Crippen molar-refractivity contribution in [1.82, 2.24) is 0 Å². The Balaban J connectivity index is 3.17. The average molecular weight is 248 g/mol. The average Bonchev–Trinajstić information content (AvgIpc) is 2.17. The van der Waals surface area contributed by atoms with E-state index in [0.717, 1.165) is 5.56 Å². The molecule has 0 saturated heterocycles. The van der Waals surface area contributed by atoms with Crippen LogP contribution < -0.4 is 5.73 Å². The number of benzene rings is 1. The Bertz CT molecular complexity index is 467. The minimum atomic E-state index is -3.86. The molecule has 1 amide bonds. The number of aryl methyl sites for hydroxylation is 1. The van der Waals surface area contributed by atoms with E-state index in [2.05, 4.69) is 0 Å². The van der Waals surface area contributed by atoms with E-state index in [1.807, 2.05) is 6.92 Å². The number of amides is 1. The van der Waals surface area contributed by atoms with Gasteiger partial charge in [0.2, 0.25) is 14.5 Å². The quantitative estimate of drug-likeness (QED) is 0.804. The Morgan fingerprint density at radius 3 is 2.20 bits per heavy atom. The van der Waals surface area contributed by atoms with Gasteiger partial charge in [0.25, 0.3) is 5.91 Å². The molecule has 0 bridgehead atoms. The highest BCUT2D eigenvalue weighted by Gasteiger charge is 2.29. The molecule has 2 N–H and O–H groups in total. The highest BCUT2D eigenvalue weighted by molar-refractivity contribution is 7.94. The van der Waals surface area contributed by atoms with Gasteiger partial charge in [0.05, 0.1) is 4.90 Å². The number of halogens is 1. The van der Waals surface area contributed by atoms with Gasteiger partial charge in [-0.25, -0.2) is 8.42 Å². The summed E-state index contributed by atoms with van der Waals surface area (Å²) in [6.07, 6.45) is 0. The molecule has 0 radical (unpaired) electrons. The number of hydrogen-bond acceptors (Lipinski definition) is 3. The Labute approximate surface area is 93.0 Å². The summed E-state index contributed by atoms with van der Waals surface area (Å²) in [6.45, 7) is 1.82. The van der Waals surface area contributed by atoms with E-state index in [1.165, 1.54) is 12.1 Å². The third-order valence-corrected chi connectivity index (χ3v) is 4.47. The summed E-state index contributed by atoms with van der Waals surface area (Å²) in [4.78, 5) is 10.7. The molecular formula is C9H10ClNO3S. The van der Waals surface area contributed by atoms with Crippen LogP contribution in [0.2, 0.25) is 0 Å². The first-order valence-corrected chi connectivity index (χ1v) is 6.08. The second kappa shape index (κ2) is 4.20. The third-order valence-electron chi connectivity index (χ3n) is 1.85. The van der Waals surface area contributed by atoms with Gasteiger partial charge in [0, 0.05) is 0 Å². The minimum Gasteiger partial charge on any atom is -0.367 e. The predicted molar refractivity (Wildman–Crippen MR) is 57.2 cm³/mol. The first-order valence-electron chi connectivity index (χ1n) is 4.09. The highest BCUT2D eigenvalue weighted by atomic mass is 35.5. The summed E-state index contributed by atoms with van der Waals surface area (Å²) < 4.78 is 21.6. The van der Waals surface area contributed by atoms with E-state index in [9.17, 15) is 13.2 Å². The molecule has 1 unspecified atom stereocenters. The van der Waals surface area contributed by atoms with Crippen molar-refractivity contribution in [2.24, 2.45) is 5.73 Å². The van der Waals surface area contributed by atoms with Crippen molar-refractivity contribution in [3.05, 3.63) is 29.8 Å². The first kappa shape index (κ1) is 12.0. The Hall–Kier alpha value is -1.07. The van der Waals surface area contributed by atoms with Crippen molar-refractivity contribution < 1.29 is 13.2 Å². The molecule has 0 heterocycles. The standard InChI is InChI=1S/C9H10ClNO3S/c1-6-2-4-7(5-3-6)15(13,14)8(10)9(11)12/h2-5,8H,1H3,(H2,11,12). The largest absolute Gasteiger partial charge is 0.367 e. The summed E-state index contributed by atoms with van der Waals surface area (Å²) >= 11 is 5.42. The molecule has 15 heavy (non-hydrogen) atoms. The molecule has 1 rings (SSSR count). The van der Waals surface area contributed by atoms with Crippen molar-refractivity contribution in [1.29, 1.82) is 0 Å². The van der Waals surface area contributed by atoms with Gasteiger partial charge in [-0.05, 0) is 19.1 Å². The van der Waals surface area contributed by atoms with Crippen LogP contribution in [-0.4, -0.2) is 19.0 Å². The molecule has 1 aromatic rings. The highest BCUT2D eigenvalue weighted by Crippen LogP contribution is 2.18. The fraction of sp³-hybridized carbons (Fsp3) is 0.222. The van der Waals surface area contributed by atoms with E-state index in [-0.39, 0.29) is 4.90 Å². The molecule has 6 heteroatoms. The van der Waals surface area contributed by atoms with Gasteiger partial charge >= 0.3 is 0 Å². The number of sulfone groups is 1. The normalized spacial score (nSPS) is 13.5. The lowest BCUT2D eigenvalue weighted by molar-refractivity contribution is -0.116. The van der Waals surface area contributed by atoms with Crippen LogP contribution in [0, 0.1) is 6.92 Å². The molecule has 0 spiro atoms. The fourth-order valence-corrected chi connectivity index (χ4v) is 2.37. The predicted octanol–water partition coefficient (Wildman–Crippen LogP) is 0.819. The van der Waals surface area contributed by atoms with Gasteiger partial charge < -0.3 is 5.73 Å². The van der Waals surface area contributed by atoms with E-state index in [4.69, 9.17) is 17.3 Å². The number of carbonyl (C=O) groups excluding carboxylic acids is 1. The number of hydrogen-bond donors (Lipinski definition) is 1. The fourth-order valence-electron chi connectivity index (χ4n) is 1.00. The van der Waals surface area contributed by atoms with Gasteiger partial charge in [-0.1, -0.05) is 29.3 Å². The van der Waals surface area contributed by atoms with Gasteiger partial charge in [-0.15, -0.1) is 0 Å². The van der Waals surface area contributed by atoms with Gasteiger partial charge in [-0.2, -0.15) is 0 Å².